The summed E-state index contributed by atoms with van der Waals surface area (Å²) in [5.74, 6) is 0. The Balaban J connectivity index is 1.64. The summed E-state index contributed by atoms with van der Waals surface area (Å²) in [6.07, 6.45) is 7.29. The maximum atomic E-state index is 6.46. The van der Waals surface area contributed by atoms with E-state index in [9.17, 15) is 0 Å². The van der Waals surface area contributed by atoms with Crippen LogP contribution in [0.2, 0.25) is 10.0 Å². The molecule has 0 spiro atoms. The summed E-state index contributed by atoms with van der Waals surface area (Å²) in [6, 6.07) is 17.8. The molecule has 2 bridgehead atoms. The number of hydrogen-bond donors (Lipinski definition) is 0. The molecule has 3 heteroatoms. The fourth-order valence-corrected chi connectivity index (χ4v) is 4.53. The van der Waals surface area contributed by atoms with Crippen LogP contribution in [0.3, 0.4) is 0 Å². The van der Waals surface area contributed by atoms with Crippen molar-refractivity contribution in [2.24, 2.45) is 0 Å². The smallest absolute Gasteiger partial charge is 0.0667 e. The number of rotatable bonds is 3. The molecular weight excluding hydrogens is 337 g/mol. The van der Waals surface area contributed by atoms with E-state index in [1.54, 1.807) is 0 Å². The summed E-state index contributed by atoms with van der Waals surface area (Å²) in [6.45, 7) is 1.03. The van der Waals surface area contributed by atoms with Crippen LogP contribution in [0.4, 0.5) is 0 Å². The fraction of sp³-hybridized carbons (Fsp3) is 0.333. The van der Waals surface area contributed by atoms with Gasteiger partial charge in [0, 0.05) is 18.6 Å². The van der Waals surface area contributed by atoms with Crippen LogP contribution in [0.5, 0.6) is 0 Å². The maximum Gasteiger partial charge on any atom is 0.0667 e. The van der Waals surface area contributed by atoms with E-state index < -0.39 is 0 Å². The molecule has 0 radical (unpaired) electrons. The lowest BCUT2D eigenvalue weighted by Gasteiger charge is -2.45. The zero-order valence-electron chi connectivity index (χ0n) is 13.6. The summed E-state index contributed by atoms with van der Waals surface area (Å²) in [4.78, 5) is 2.67. The van der Waals surface area contributed by atoms with Crippen molar-refractivity contribution in [1.82, 2.24) is 4.90 Å². The molecule has 2 heterocycles. The van der Waals surface area contributed by atoms with Gasteiger partial charge in [0.15, 0.2) is 0 Å². The summed E-state index contributed by atoms with van der Waals surface area (Å²) < 4.78 is 0. The third-order valence-corrected chi connectivity index (χ3v) is 6.11. The van der Waals surface area contributed by atoms with Gasteiger partial charge in [-0.25, -0.2) is 0 Å². The first kappa shape index (κ1) is 16.2. The Kier molecular flexibility index (Phi) is 4.67. The van der Waals surface area contributed by atoms with Crippen molar-refractivity contribution in [3.63, 3.8) is 0 Å². The Morgan fingerprint density at radius 2 is 1.79 bits per heavy atom. The maximum absolute atomic E-state index is 6.46. The van der Waals surface area contributed by atoms with Gasteiger partial charge in [-0.15, -0.1) is 0 Å². The summed E-state index contributed by atoms with van der Waals surface area (Å²) in [5.41, 5.74) is 3.87. The molecule has 2 aliphatic rings. The van der Waals surface area contributed by atoms with Gasteiger partial charge in [0.2, 0.25) is 0 Å². The largest absolute Gasteiger partial charge is 0.289 e. The van der Waals surface area contributed by atoms with Crippen molar-refractivity contribution in [2.45, 2.75) is 44.3 Å². The van der Waals surface area contributed by atoms with E-state index in [0.29, 0.717) is 22.1 Å². The number of benzene rings is 2. The highest BCUT2D eigenvalue weighted by atomic mass is 35.5. The van der Waals surface area contributed by atoms with Gasteiger partial charge in [-0.2, -0.15) is 0 Å². The van der Waals surface area contributed by atoms with Gasteiger partial charge in [0.1, 0.15) is 0 Å². The molecule has 0 saturated carbocycles. The second kappa shape index (κ2) is 6.92. The zero-order valence-corrected chi connectivity index (χ0v) is 15.1. The van der Waals surface area contributed by atoms with Crippen molar-refractivity contribution in [3.8, 4) is 0 Å². The van der Waals surface area contributed by atoms with Crippen LogP contribution < -0.4 is 0 Å². The van der Waals surface area contributed by atoms with Crippen molar-refractivity contribution in [1.29, 1.82) is 0 Å². The first-order valence-corrected chi connectivity index (χ1v) is 9.43. The Bertz CT molecular complexity index is 754. The third-order valence-electron chi connectivity index (χ3n) is 5.29. The monoisotopic (exact) mass is 357 g/mol. The van der Waals surface area contributed by atoms with Gasteiger partial charge in [-0.1, -0.05) is 78.2 Å². The second-order valence-electron chi connectivity index (χ2n) is 6.81. The average Bonchev–Trinajstić information content (AvgIpc) is 2.58. The van der Waals surface area contributed by atoms with Crippen LogP contribution >= 0.6 is 23.2 Å². The predicted molar refractivity (Wildman–Crippen MR) is 102 cm³/mol. The van der Waals surface area contributed by atoms with Gasteiger partial charge in [-0.05, 0) is 42.0 Å². The van der Waals surface area contributed by atoms with Crippen LogP contribution in [-0.4, -0.2) is 17.0 Å². The van der Waals surface area contributed by atoms with E-state index in [1.165, 1.54) is 30.4 Å². The Labute approximate surface area is 153 Å². The zero-order chi connectivity index (χ0) is 16.5. The molecule has 0 amide bonds. The van der Waals surface area contributed by atoms with Gasteiger partial charge in [0.25, 0.3) is 0 Å². The topological polar surface area (TPSA) is 3.24 Å². The van der Waals surface area contributed by atoms with Gasteiger partial charge < -0.3 is 0 Å². The van der Waals surface area contributed by atoms with E-state index in [-0.39, 0.29) is 0 Å². The lowest BCUT2D eigenvalue weighted by Crippen LogP contribution is -2.47. The highest BCUT2D eigenvalue weighted by Crippen LogP contribution is 2.41. The Morgan fingerprint density at radius 1 is 0.958 bits per heavy atom. The minimum absolute atomic E-state index is 0.503. The highest BCUT2D eigenvalue weighted by Gasteiger charge is 2.34. The predicted octanol–water partition coefficient (Wildman–Crippen LogP) is 6.20. The molecule has 2 atom stereocenters. The number of fused-ring (bicyclic) bond motifs is 2. The molecular formula is C21H21Cl2N. The normalized spacial score (nSPS) is 23.8. The Morgan fingerprint density at radius 3 is 2.58 bits per heavy atom. The van der Waals surface area contributed by atoms with Crippen molar-refractivity contribution in [3.05, 3.63) is 75.8 Å². The van der Waals surface area contributed by atoms with E-state index in [4.69, 9.17) is 23.2 Å². The highest BCUT2D eigenvalue weighted by molar-refractivity contribution is 6.43. The van der Waals surface area contributed by atoms with E-state index in [2.05, 4.69) is 47.4 Å². The lowest BCUT2D eigenvalue weighted by atomic mass is 9.82. The van der Waals surface area contributed by atoms with Crippen molar-refractivity contribution in [2.75, 3.05) is 0 Å². The van der Waals surface area contributed by atoms with E-state index >= 15 is 0 Å². The third kappa shape index (κ3) is 3.13. The molecule has 1 nitrogen and oxygen atoms in total. The molecule has 2 aliphatic heterocycles. The quantitative estimate of drug-likeness (QED) is 0.631. The second-order valence-corrected chi connectivity index (χ2v) is 7.59. The van der Waals surface area contributed by atoms with Gasteiger partial charge in [-0.3, -0.25) is 4.90 Å². The molecule has 4 rings (SSSR count). The molecule has 24 heavy (non-hydrogen) atoms. The summed E-state index contributed by atoms with van der Waals surface area (Å²) in [7, 11) is 0. The standard InChI is InChI=1S/C21H21Cl2N/c22-20-11-5-10-19(21(20)23)16-12-17-8-4-9-18(13-16)24(17)14-15-6-2-1-3-7-15/h1-3,5-7,10-12,17-18H,4,8-9,13-14H2. The Hall–Kier alpha value is -1.28. The minimum Gasteiger partial charge on any atom is -0.289 e. The van der Waals surface area contributed by atoms with Crippen molar-refractivity contribution >= 4 is 28.8 Å². The molecule has 0 aliphatic carbocycles. The van der Waals surface area contributed by atoms with Crippen molar-refractivity contribution < 1.29 is 0 Å². The summed E-state index contributed by atoms with van der Waals surface area (Å²) in [5, 5.41) is 1.34. The van der Waals surface area contributed by atoms with E-state index in [0.717, 1.165) is 18.5 Å². The van der Waals surface area contributed by atoms with Crippen LogP contribution in [0.1, 0.15) is 36.8 Å². The number of nitrogens with zero attached hydrogens (tertiary/aromatic N) is 1. The number of halogens is 2. The fourth-order valence-electron chi connectivity index (χ4n) is 4.11. The average molecular weight is 358 g/mol. The first-order valence-electron chi connectivity index (χ1n) is 8.67. The van der Waals surface area contributed by atoms with Crippen LogP contribution in [0, 0.1) is 0 Å². The van der Waals surface area contributed by atoms with Gasteiger partial charge >= 0.3 is 0 Å². The molecule has 2 aromatic carbocycles. The summed E-state index contributed by atoms with van der Waals surface area (Å²) >= 11 is 12.7. The number of piperidine rings is 1. The lowest BCUT2D eigenvalue weighted by molar-refractivity contribution is 0.0951. The van der Waals surface area contributed by atoms with E-state index in [1.807, 2.05) is 12.1 Å². The molecule has 0 N–H and O–H groups in total. The molecule has 1 fully saturated rings. The van der Waals surface area contributed by atoms with Crippen LogP contribution in [0.15, 0.2) is 54.6 Å². The molecule has 0 aromatic heterocycles. The van der Waals surface area contributed by atoms with Crippen LogP contribution in [0.25, 0.3) is 5.57 Å². The first-order chi connectivity index (χ1) is 11.7. The molecule has 124 valence electrons. The van der Waals surface area contributed by atoms with Gasteiger partial charge in [0.05, 0.1) is 10.0 Å². The molecule has 1 saturated heterocycles. The number of hydrogen-bond acceptors (Lipinski definition) is 1. The molecule has 2 unspecified atom stereocenters. The van der Waals surface area contributed by atoms with Crippen LogP contribution in [-0.2, 0) is 6.54 Å². The minimum atomic E-state index is 0.503. The molecule has 2 aromatic rings. The SMILES string of the molecule is Clc1cccc(C2=CC3CCCC(C2)N3Cc2ccccc2)c1Cl.